The Morgan fingerprint density at radius 3 is 2.65 bits per heavy atom. The number of halogens is 1. The molecule has 4 rings (SSSR count). The number of aryl methyl sites for hydroxylation is 1. The highest BCUT2D eigenvalue weighted by Crippen LogP contribution is 2.24. The van der Waals surface area contributed by atoms with Gasteiger partial charge in [-0.3, -0.25) is 9.59 Å². The van der Waals surface area contributed by atoms with Crippen LogP contribution < -0.4 is 0 Å². The summed E-state index contributed by atoms with van der Waals surface area (Å²) in [4.78, 5) is 35.5. The Balaban J connectivity index is 1.63. The van der Waals surface area contributed by atoms with Gasteiger partial charge in [0, 0.05) is 29.7 Å². The van der Waals surface area contributed by atoms with E-state index in [0.717, 1.165) is 4.57 Å². The van der Waals surface area contributed by atoms with Crippen LogP contribution in [0.2, 0.25) is 0 Å². The van der Waals surface area contributed by atoms with Gasteiger partial charge in [-0.2, -0.15) is 5.26 Å². The molecule has 174 valence electrons. The van der Waals surface area contributed by atoms with E-state index in [2.05, 4.69) is 9.98 Å². The molecule has 1 amide bonds. The van der Waals surface area contributed by atoms with E-state index in [0.29, 0.717) is 49.4 Å². The zero-order valence-electron chi connectivity index (χ0n) is 21.5. The van der Waals surface area contributed by atoms with Gasteiger partial charge in [-0.1, -0.05) is 11.6 Å². The van der Waals surface area contributed by atoms with E-state index in [-0.39, 0.29) is 39.8 Å². The van der Waals surface area contributed by atoms with Crippen molar-refractivity contribution in [1.82, 2.24) is 14.5 Å². The number of piperidine rings is 1. The van der Waals surface area contributed by atoms with E-state index >= 15 is 0 Å². The second kappa shape index (κ2) is 10.1. The summed E-state index contributed by atoms with van der Waals surface area (Å²) in [5.74, 6) is -0.757. The van der Waals surface area contributed by atoms with E-state index < -0.39 is 6.98 Å². The molecule has 0 unspecified atom stereocenters. The van der Waals surface area contributed by atoms with Crippen molar-refractivity contribution in [2.45, 2.75) is 19.8 Å². The lowest BCUT2D eigenvalue weighted by atomic mass is 9.96. The zero-order chi connectivity index (χ0) is 26.7. The summed E-state index contributed by atoms with van der Waals surface area (Å²) in [6, 6.07) is 13.0. The van der Waals surface area contributed by atoms with Gasteiger partial charge in [-0.25, -0.2) is 9.98 Å². The van der Waals surface area contributed by atoms with Crippen LogP contribution in [0.4, 0.5) is 5.69 Å². The van der Waals surface area contributed by atoms with Crippen molar-refractivity contribution in [1.29, 1.82) is 5.26 Å². The molecular formula is C25H24ClN5O3. The molecule has 0 spiro atoms. The molecule has 9 heteroatoms. The summed E-state index contributed by atoms with van der Waals surface area (Å²) in [6.45, 7) is 0.310. The molecule has 2 heterocycles. The van der Waals surface area contributed by atoms with Crippen LogP contribution >= 0.6 is 11.6 Å². The van der Waals surface area contributed by atoms with Crippen molar-refractivity contribution in [2.24, 2.45) is 17.9 Å². The van der Waals surface area contributed by atoms with Crippen molar-refractivity contribution in [3.63, 3.8) is 0 Å². The number of hydrogen-bond donors (Lipinski definition) is 0. The van der Waals surface area contributed by atoms with Gasteiger partial charge in [-0.15, -0.1) is 0 Å². The predicted molar refractivity (Wildman–Crippen MR) is 129 cm³/mol. The van der Waals surface area contributed by atoms with E-state index in [1.165, 1.54) is 12.1 Å². The molecular weight excluding hydrogens is 454 g/mol. The topological polar surface area (TPSA) is 101 Å². The second-order valence-corrected chi connectivity index (χ2v) is 8.21. The molecule has 1 aliphatic rings. The maximum absolute atomic E-state index is 13.2. The maximum atomic E-state index is 13.2. The number of likely N-dealkylation sites (tertiary alicyclic amines) is 1. The normalized spacial score (nSPS) is 16.4. The van der Waals surface area contributed by atoms with Gasteiger partial charge in [0.2, 0.25) is 0 Å². The van der Waals surface area contributed by atoms with Gasteiger partial charge in [-0.05, 0) is 62.2 Å². The largest absolute Gasteiger partial charge is 0.466 e. The summed E-state index contributed by atoms with van der Waals surface area (Å²) in [7, 11) is 0. The van der Waals surface area contributed by atoms with Crippen LogP contribution in [0.1, 0.15) is 45.6 Å². The fourth-order valence-corrected chi connectivity index (χ4v) is 4.11. The van der Waals surface area contributed by atoms with Crippen LogP contribution in [-0.4, -0.2) is 51.2 Å². The van der Waals surface area contributed by atoms with Crippen LogP contribution in [0.15, 0.2) is 47.5 Å². The first-order valence-electron chi connectivity index (χ1n) is 12.4. The quantitative estimate of drug-likeness (QED) is 0.403. The van der Waals surface area contributed by atoms with E-state index in [1.807, 2.05) is 6.07 Å². The smallest absolute Gasteiger partial charge is 0.309 e. The third-order valence-electron chi connectivity index (χ3n) is 5.71. The van der Waals surface area contributed by atoms with Gasteiger partial charge in [0.1, 0.15) is 0 Å². The molecule has 0 atom stereocenters. The number of carbonyl (C=O) groups excluding carboxylic acids is 2. The minimum atomic E-state index is -2.61. The van der Waals surface area contributed by atoms with Crippen LogP contribution in [0.5, 0.6) is 0 Å². The molecule has 1 saturated heterocycles. The molecule has 2 aromatic carbocycles. The predicted octanol–water partition coefficient (Wildman–Crippen LogP) is 4.18. The number of aliphatic imine (C=N–C) groups is 1. The number of aromatic nitrogens is 2. The molecule has 1 fully saturated rings. The van der Waals surface area contributed by atoms with E-state index in [1.54, 1.807) is 42.2 Å². The van der Waals surface area contributed by atoms with Crippen molar-refractivity contribution < 1.29 is 18.4 Å². The highest BCUT2D eigenvalue weighted by molar-refractivity contribution is 6.69. The van der Waals surface area contributed by atoms with Crippen molar-refractivity contribution in [2.75, 3.05) is 19.7 Å². The maximum Gasteiger partial charge on any atom is 0.309 e. The summed E-state index contributed by atoms with van der Waals surface area (Å²) < 4.78 is 30.1. The number of carbonyl (C=O) groups is 2. The third kappa shape index (κ3) is 4.80. The Morgan fingerprint density at radius 2 is 2.00 bits per heavy atom. The molecule has 1 aliphatic heterocycles. The lowest BCUT2D eigenvalue weighted by molar-refractivity contribution is -0.149. The fraction of sp³-hybridized carbons (Fsp3) is 0.320. The first-order chi connectivity index (χ1) is 17.6. The minimum absolute atomic E-state index is 0.0686. The summed E-state index contributed by atoms with van der Waals surface area (Å²) in [5, 5.41) is 8.81. The Morgan fingerprint density at radius 1 is 1.26 bits per heavy atom. The molecule has 0 N–H and O–H groups in total. The van der Waals surface area contributed by atoms with Gasteiger partial charge in [0.25, 0.3) is 5.91 Å². The second-order valence-electron chi connectivity index (χ2n) is 7.85. The zero-order valence-corrected chi connectivity index (χ0v) is 19.2. The van der Waals surface area contributed by atoms with Crippen molar-refractivity contribution in [3.05, 3.63) is 59.4 Å². The first kappa shape index (κ1) is 19.7. The highest BCUT2D eigenvalue weighted by atomic mass is 35.5. The molecule has 0 bridgehead atoms. The van der Waals surface area contributed by atoms with Crippen molar-refractivity contribution >= 4 is 45.4 Å². The number of imidazole rings is 1. The first-order valence-corrected chi connectivity index (χ1v) is 11.2. The molecule has 0 saturated carbocycles. The Bertz CT molecular complexity index is 1400. The Labute approximate surface area is 206 Å². The van der Waals surface area contributed by atoms with E-state index in [4.69, 9.17) is 25.7 Å². The number of fused-ring (bicyclic) bond motifs is 1. The highest BCUT2D eigenvalue weighted by Gasteiger charge is 2.29. The minimum Gasteiger partial charge on any atom is -0.466 e. The lowest BCUT2D eigenvalue weighted by Gasteiger charge is -2.31. The SMILES string of the molecule is [2H]C([2H])([2H])n1c(C(Cl)=Nc2ccc(C#N)cc2)nc2cc(C(=O)N3CCC(C(=O)OCC)CC3)ccc21. The number of esters is 1. The van der Waals surface area contributed by atoms with Gasteiger partial charge in [0.05, 0.1) is 40.9 Å². The summed E-state index contributed by atoms with van der Waals surface area (Å²) in [6.07, 6.45) is 1.04. The average Bonchev–Trinajstić information content (AvgIpc) is 3.29. The van der Waals surface area contributed by atoms with Crippen LogP contribution in [0.3, 0.4) is 0 Å². The number of benzene rings is 2. The number of hydrogen-bond acceptors (Lipinski definition) is 6. The molecule has 1 aromatic heterocycles. The third-order valence-corrected chi connectivity index (χ3v) is 5.97. The van der Waals surface area contributed by atoms with Crippen LogP contribution in [0.25, 0.3) is 11.0 Å². The van der Waals surface area contributed by atoms with E-state index in [9.17, 15) is 9.59 Å². The number of amides is 1. The lowest BCUT2D eigenvalue weighted by Crippen LogP contribution is -2.40. The fourth-order valence-electron chi connectivity index (χ4n) is 3.89. The van der Waals surface area contributed by atoms with Gasteiger partial charge in [0.15, 0.2) is 11.0 Å². The van der Waals surface area contributed by atoms with Crippen LogP contribution in [-0.2, 0) is 16.5 Å². The Kier molecular flexibility index (Phi) is 5.84. The van der Waals surface area contributed by atoms with Crippen LogP contribution in [0, 0.1) is 17.2 Å². The number of rotatable bonds is 5. The van der Waals surface area contributed by atoms with Gasteiger partial charge >= 0.3 is 5.97 Å². The molecule has 34 heavy (non-hydrogen) atoms. The molecule has 0 radical (unpaired) electrons. The number of ether oxygens (including phenoxy) is 1. The van der Waals surface area contributed by atoms with Crippen molar-refractivity contribution in [3.8, 4) is 6.07 Å². The van der Waals surface area contributed by atoms with Gasteiger partial charge < -0.3 is 14.2 Å². The molecule has 0 aliphatic carbocycles. The standard InChI is InChI=1S/C25H24ClN5O3/c1-3-34-25(33)17-10-12-31(13-11-17)24(32)18-6-9-21-20(14-18)29-23(30(21)2)22(26)28-19-7-4-16(15-27)5-8-19/h4-9,14,17H,3,10-13H2,1-2H3/i2D3. The Hall–Kier alpha value is -3.70. The molecule has 3 aromatic rings. The summed E-state index contributed by atoms with van der Waals surface area (Å²) in [5.41, 5.74) is 1.79. The monoisotopic (exact) mass is 480 g/mol. The molecule has 8 nitrogen and oxygen atoms in total. The summed E-state index contributed by atoms with van der Waals surface area (Å²) >= 11 is 6.42. The average molecular weight is 481 g/mol. The number of nitrogens with zero attached hydrogens (tertiary/aromatic N) is 5. The number of nitriles is 1.